The van der Waals surface area contributed by atoms with Gasteiger partial charge in [0.15, 0.2) is 0 Å². The largest absolute Gasteiger partial charge is 0.497 e. The predicted octanol–water partition coefficient (Wildman–Crippen LogP) is 2.18. The lowest BCUT2D eigenvalue weighted by atomic mass is 10.3. The summed E-state index contributed by atoms with van der Waals surface area (Å²) in [5, 5.41) is 0. The normalized spacial score (nSPS) is 25.3. The van der Waals surface area contributed by atoms with Crippen LogP contribution in [0.3, 0.4) is 0 Å². The van der Waals surface area contributed by atoms with E-state index in [0.29, 0.717) is 6.10 Å². The summed E-state index contributed by atoms with van der Waals surface area (Å²) in [6, 6.07) is 7.62. The lowest BCUT2D eigenvalue weighted by Gasteiger charge is -1.98. The molecule has 1 aromatic rings. The second-order valence-corrected chi connectivity index (χ2v) is 3.28. The van der Waals surface area contributed by atoms with E-state index in [2.05, 4.69) is 4.99 Å². The van der Waals surface area contributed by atoms with Crippen molar-refractivity contribution in [3.8, 4) is 5.75 Å². The Morgan fingerprint density at radius 2 is 2.00 bits per heavy atom. The first-order valence-electron chi connectivity index (χ1n) is 4.63. The average molecular weight is 191 g/mol. The van der Waals surface area contributed by atoms with Crippen molar-refractivity contribution in [2.24, 2.45) is 4.99 Å². The van der Waals surface area contributed by atoms with Crippen LogP contribution in [0.5, 0.6) is 5.75 Å². The molecule has 0 spiro atoms. The van der Waals surface area contributed by atoms with E-state index >= 15 is 0 Å². The molecular formula is C11H13NO2. The van der Waals surface area contributed by atoms with Gasteiger partial charge >= 0.3 is 0 Å². The summed E-state index contributed by atoms with van der Waals surface area (Å²) in [5.74, 6) is 0.847. The Labute approximate surface area is 83.4 Å². The molecule has 0 aliphatic carbocycles. The molecule has 3 heteroatoms. The van der Waals surface area contributed by atoms with Crippen molar-refractivity contribution in [2.45, 2.75) is 19.1 Å². The van der Waals surface area contributed by atoms with Gasteiger partial charge < -0.3 is 9.47 Å². The molecular weight excluding hydrogens is 178 g/mol. The van der Waals surface area contributed by atoms with E-state index < -0.39 is 0 Å². The second-order valence-electron chi connectivity index (χ2n) is 3.28. The van der Waals surface area contributed by atoms with Crippen molar-refractivity contribution in [3.63, 3.8) is 0 Å². The molecule has 2 atom stereocenters. The molecule has 0 radical (unpaired) electrons. The number of ether oxygens (including phenoxy) is 2. The number of methoxy groups -OCH3 is 1. The lowest BCUT2D eigenvalue weighted by molar-refractivity contribution is 0.408. The molecule has 3 nitrogen and oxygen atoms in total. The molecule has 0 N–H and O–H groups in total. The number of hydrogen-bond donors (Lipinski definition) is 0. The maximum atomic E-state index is 5.21. The molecule has 1 saturated heterocycles. The quantitative estimate of drug-likeness (QED) is 0.542. The zero-order valence-corrected chi connectivity index (χ0v) is 8.31. The fraction of sp³-hybridized carbons (Fsp3) is 0.364. The SMILES string of the molecule is COc1ccc(N=CC2OC2C)cc1. The van der Waals surface area contributed by atoms with E-state index in [-0.39, 0.29) is 6.10 Å². The van der Waals surface area contributed by atoms with Crippen LogP contribution in [0.4, 0.5) is 5.69 Å². The number of rotatable bonds is 3. The summed E-state index contributed by atoms with van der Waals surface area (Å²) >= 11 is 0. The maximum Gasteiger partial charge on any atom is 0.119 e. The van der Waals surface area contributed by atoms with Gasteiger partial charge in [0.2, 0.25) is 0 Å². The molecule has 1 aliphatic rings. The maximum absolute atomic E-state index is 5.21. The van der Waals surface area contributed by atoms with Crippen molar-refractivity contribution in [1.82, 2.24) is 0 Å². The highest BCUT2D eigenvalue weighted by atomic mass is 16.6. The number of aliphatic imine (C=N–C) groups is 1. The molecule has 2 rings (SSSR count). The zero-order chi connectivity index (χ0) is 9.97. The first kappa shape index (κ1) is 9.21. The summed E-state index contributed by atoms with van der Waals surface area (Å²) in [6.45, 7) is 2.03. The van der Waals surface area contributed by atoms with Gasteiger partial charge in [-0.1, -0.05) is 0 Å². The van der Waals surface area contributed by atoms with Crippen LogP contribution in [0.25, 0.3) is 0 Å². The van der Waals surface area contributed by atoms with Crippen LogP contribution in [0.15, 0.2) is 29.3 Å². The molecule has 0 bridgehead atoms. The Kier molecular flexibility index (Phi) is 2.50. The van der Waals surface area contributed by atoms with Gasteiger partial charge in [0, 0.05) is 6.21 Å². The van der Waals surface area contributed by atoms with Gasteiger partial charge in [-0.3, -0.25) is 4.99 Å². The first-order valence-corrected chi connectivity index (χ1v) is 4.63. The molecule has 1 aromatic carbocycles. The van der Waals surface area contributed by atoms with Gasteiger partial charge in [0.25, 0.3) is 0 Å². The smallest absolute Gasteiger partial charge is 0.119 e. The van der Waals surface area contributed by atoms with E-state index in [1.165, 1.54) is 0 Å². The highest BCUT2D eigenvalue weighted by molar-refractivity contribution is 5.70. The summed E-state index contributed by atoms with van der Waals surface area (Å²) < 4.78 is 10.3. The van der Waals surface area contributed by atoms with Gasteiger partial charge in [-0.2, -0.15) is 0 Å². The van der Waals surface area contributed by atoms with Gasteiger partial charge in [0.05, 0.1) is 18.9 Å². The number of epoxide rings is 1. The topological polar surface area (TPSA) is 34.1 Å². The first-order chi connectivity index (χ1) is 6.79. The van der Waals surface area contributed by atoms with Crippen molar-refractivity contribution < 1.29 is 9.47 Å². The van der Waals surface area contributed by atoms with Crippen LogP contribution in [0.2, 0.25) is 0 Å². The van der Waals surface area contributed by atoms with E-state index in [4.69, 9.17) is 9.47 Å². The Hall–Kier alpha value is -1.35. The van der Waals surface area contributed by atoms with Crippen LogP contribution in [-0.2, 0) is 4.74 Å². The average Bonchev–Trinajstić information content (AvgIpc) is 2.92. The Bertz CT molecular complexity index is 332. The minimum atomic E-state index is 0.206. The summed E-state index contributed by atoms with van der Waals surface area (Å²) in [5.41, 5.74) is 0.925. The number of benzene rings is 1. The highest BCUT2D eigenvalue weighted by Crippen LogP contribution is 2.21. The molecule has 1 fully saturated rings. The Balaban J connectivity index is 1.99. The number of nitrogens with zero attached hydrogens (tertiary/aromatic N) is 1. The third-order valence-electron chi connectivity index (χ3n) is 2.20. The van der Waals surface area contributed by atoms with Gasteiger partial charge in [-0.25, -0.2) is 0 Å². The van der Waals surface area contributed by atoms with E-state index in [0.717, 1.165) is 11.4 Å². The number of hydrogen-bond acceptors (Lipinski definition) is 3. The monoisotopic (exact) mass is 191 g/mol. The van der Waals surface area contributed by atoms with Crippen LogP contribution in [-0.4, -0.2) is 25.5 Å². The zero-order valence-electron chi connectivity index (χ0n) is 8.31. The standard InChI is InChI=1S/C11H13NO2/c1-8-11(14-8)7-12-9-3-5-10(13-2)6-4-9/h3-8,11H,1-2H3. The van der Waals surface area contributed by atoms with Crippen LogP contribution >= 0.6 is 0 Å². The minimum Gasteiger partial charge on any atom is -0.497 e. The molecule has 0 amide bonds. The third kappa shape index (κ3) is 2.12. The van der Waals surface area contributed by atoms with Crippen LogP contribution in [0.1, 0.15) is 6.92 Å². The second kappa shape index (κ2) is 3.80. The molecule has 0 aromatic heterocycles. The van der Waals surface area contributed by atoms with E-state index in [9.17, 15) is 0 Å². The van der Waals surface area contributed by atoms with Crippen molar-refractivity contribution >= 4 is 11.9 Å². The fourth-order valence-electron chi connectivity index (χ4n) is 1.19. The fourth-order valence-corrected chi connectivity index (χ4v) is 1.19. The summed E-state index contributed by atoms with van der Waals surface area (Å²) in [4.78, 5) is 4.29. The molecule has 2 unspecified atom stereocenters. The summed E-state index contributed by atoms with van der Waals surface area (Å²) in [6.07, 6.45) is 2.38. The van der Waals surface area contributed by atoms with Crippen molar-refractivity contribution in [1.29, 1.82) is 0 Å². The highest BCUT2D eigenvalue weighted by Gasteiger charge is 2.31. The Morgan fingerprint density at radius 1 is 1.36 bits per heavy atom. The molecule has 14 heavy (non-hydrogen) atoms. The van der Waals surface area contributed by atoms with Gasteiger partial charge in [0.1, 0.15) is 11.9 Å². The van der Waals surface area contributed by atoms with Crippen LogP contribution in [0, 0.1) is 0 Å². The van der Waals surface area contributed by atoms with Crippen molar-refractivity contribution in [2.75, 3.05) is 7.11 Å². The lowest BCUT2D eigenvalue weighted by Crippen LogP contribution is -1.88. The predicted molar refractivity (Wildman–Crippen MR) is 55.5 cm³/mol. The van der Waals surface area contributed by atoms with Crippen molar-refractivity contribution in [3.05, 3.63) is 24.3 Å². The molecule has 1 aliphatic heterocycles. The Morgan fingerprint density at radius 3 is 2.50 bits per heavy atom. The third-order valence-corrected chi connectivity index (χ3v) is 2.20. The van der Waals surface area contributed by atoms with Gasteiger partial charge in [-0.15, -0.1) is 0 Å². The summed E-state index contributed by atoms with van der Waals surface area (Å²) in [7, 11) is 1.65. The molecule has 1 heterocycles. The van der Waals surface area contributed by atoms with E-state index in [1.807, 2.05) is 37.4 Å². The van der Waals surface area contributed by atoms with Gasteiger partial charge in [-0.05, 0) is 31.2 Å². The molecule has 0 saturated carbocycles. The molecule has 74 valence electrons. The minimum absolute atomic E-state index is 0.206. The van der Waals surface area contributed by atoms with E-state index in [1.54, 1.807) is 7.11 Å². The van der Waals surface area contributed by atoms with Crippen LogP contribution < -0.4 is 4.74 Å².